The van der Waals surface area contributed by atoms with Crippen molar-refractivity contribution in [3.63, 3.8) is 0 Å². The van der Waals surface area contributed by atoms with Crippen molar-refractivity contribution in [2.75, 3.05) is 91.9 Å². The maximum absolute atomic E-state index is 11.3. The second-order valence-electron chi connectivity index (χ2n) is 8.41. The zero-order valence-corrected chi connectivity index (χ0v) is 19.4. The van der Waals surface area contributed by atoms with E-state index in [-0.39, 0.29) is 65.4 Å². The predicted octanol–water partition coefficient (Wildman–Crippen LogP) is -5.19. The van der Waals surface area contributed by atoms with Crippen LogP contribution in [0.3, 0.4) is 0 Å². The van der Waals surface area contributed by atoms with E-state index >= 15 is 0 Å². The van der Waals surface area contributed by atoms with Gasteiger partial charge in [-0.05, 0) is 0 Å². The van der Waals surface area contributed by atoms with Crippen LogP contribution in [0.15, 0.2) is 0 Å². The minimum Gasteiger partial charge on any atom is -0.480 e. The van der Waals surface area contributed by atoms with Crippen molar-refractivity contribution in [2.24, 2.45) is 0 Å². The number of carboxylic acids is 2. The fourth-order valence-electron chi connectivity index (χ4n) is 4.09. The van der Waals surface area contributed by atoms with E-state index in [1.54, 1.807) is 19.6 Å². The van der Waals surface area contributed by atoms with E-state index in [4.69, 9.17) is 0 Å². The molecule has 34 heavy (non-hydrogen) atoms. The number of aliphatic hydroxyl groups is 6. The third-order valence-corrected chi connectivity index (χ3v) is 6.11. The molecule has 1 heterocycles. The van der Waals surface area contributed by atoms with E-state index in [9.17, 15) is 50.4 Å². The Kier molecular flexibility index (Phi) is 14.6. The highest BCUT2D eigenvalue weighted by Gasteiger charge is 2.30. The molecule has 1 rings (SSSR count). The van der Waals surface area contributed by atoms with Gasteiger partial charge < -0.3 is 40.9 Å². The maximum Gasteiger partial charge on any atom is 0.317 e. The molecule has 0 saturated carbocycles. The molecule has 0 unspecified atom stereocenters. The van der Waals surface area contributed by atoms with Crippen LogP contribution in [0.5, 0.6) is 0 Å². The Hall–Kier alpha value is -1.46. The summed E-state index contributed by atoms with van der Waals surface area (Å²) in [6, 6.07) is -1.67. The van der Waals surface area contributed by atoms with Gasteiger partial charge in [0.25, 0.3) is 0 Å². The second kappa shape index (κ2) is 16.3. The molecule has 0 aromatic rings. The van der Waals surface area contributed by atoms with E-state index in [2.05, 4.69) is 0 Å². The molecule has 0 aromatic heterocycles. The molecule has 0 amide bonds. The predicted molar refractivity (Wildman–Crippen MR) is 119 cm³/mol. The first-order valence-corrected chi connectivity index (χ1v) is 11.3. The van der Waals surface area contributed by atoms with Crippen molar-refractivity contribution in [1.29, 1.82) is 0 Å². The molecule has 1 fully saturated rings. The summed E-state index contributed by atoms with van der Waals surface area (Å²) in [6.07, 6.45) is -2.50. The van der Waals surface area contributed by atoms with Crippen LogP contribution in [0.4, 0.5) is 0 Å². The summed E-state index contributed by atoms with van der Waals surface area (Å²) in [6.45, 7) is -0.763. The summed E-state index contributed by atoms with van der Waals surface area (Å²) in [5.74, 6) is -2.10. The fraction of sp³-hybridized carbons (Fsp3) is 0.900. The molecule has 0 spiro atoms. The summed E-state index contributed by atoms with van der Waals surface area (Å²) in [4.78, 5) is 29.3. The van der Waals surface area contributed by atoms with Gasteiger partial charge in [-0.2, -0.15) is 0 Å². The van der Waals surface area contributed by atoms with Gasteiger partial charge in [0.15, 0.2) is 0 Å². The van der Waals surface area contributed by atoms with E-state index < -0.39 is 62.7 Å². The number of hydrogen-bond acceptors (Lipinski definition) is 12. The van der Waals surface area contributed by atoms with Gasteiger partial charge in [-0.15, -0.1) is 0 Å². The normalized spacial score (nSPS) is 22.3. The number of carbonyl (C=O) groups is 2. The Morgan fingerprint density at radius 1 is 0.559 bits per heavy atom. The monoisotopic (exact) mass is 496 g/mol. The molecule has 0 aliphatic carbocycles. The topological polar surface area (TPSA) is 209 Å². The van der Waals surface area contributed by atoms with Crippen molar-refractivity contribution in [2.45, 2.75) is 24.3 Å². The number of nitrogens with zero attached hydrogens (tertiary/aromatic N) is 4. The first-order chi connectivity index (χ1) is 16.2. The van der Waals surface area contributed by atoms with E-state index in [1.807, 2.05) is 0 Å². The van der Waals surface area contributed by atoms with Crippen LogP contribution in [-0.4, -0.2) is 189 Å². The SMILES string of the molecule is O=C(O)CN1CCN(CC(=O)O)CCN([C@H](CO)[C@@H](O)CO)CCN([C@H](CO)[C@H](O)CO)CC1. The van der Waals surface area contributed by atoms with Gasteiger partial charge in [0, 0.05) is 52.4 Å². The molecule has 1 aliphatic rings. The van der Waals surface area contributed by atoms with Crippen LogP contribution >= 0.6 is 0 Å². The fourth-order valence-corrected chi connectivity index (χ4v) is 4.09. The summed E-state index contributed by atoms with van der Waals surface area (Å²) in [5.41, 5.74) is 0. The molecule has 1 saturated heterocycles. The minimum absolute atomic E-state index is 0.219. The smallest absolute Gasteiger partial charge is 0.317 e. The lowest BCUT2D eigenvalue weighted by molar-refractivity contribution is -0.140. The second-order valence-corrected chi connectivity index (χ2v) is 8.41. The molecule has 0 bridgehead atoms. The number of carboxylic acid groups (broad SMARTS) is 2. The van der Waals surface area contributed by atoms with Crippen molar-refractivity contribution in [3.8, 4) is 0 Å². The van der Waals surface area contributed by atoms with Crippen molar-refractivity contribution in [3.05, 3.63) is 0 Å². The van der Waals surface area contributed by atoms with Crippen molar-refractivity contribution in [1.82, 2.24) is 19.6 Å². The summed E-state index contributed by atoms with van der Waals surface area (Å²) >= 11 is 0. The molecule has 14 nitrogen and oxygen atoms in total. The average Bonchev–Trinajstić information content (AvgIpc) is 2.79. The average molecular weight is 497 g/mol. The number of rotatable bonds is 12. The molecular formula is C20H40N4O10. The first kappa shape index (κ1) is 30.6. The van der Waals surface area contributed by atoms with Crippen LogP contribution in [0.25, 0.3) is 0 Å². The third kappa shape index (κ3) is 10.4. The molecule has 0 radical (unpaired) electrons. The van der Waals surface area contributed by atoms with Crippen LogP contribution in [-0.2, 0) is 9.59 Å². The lowest BCUT2D eigenvalue weighted by Gasteiger charge is -2.40. The Morgan fingerprint density at radius 2 is 0.853 bits per heavy atom. The Balaban J connectivity index is 3.20. The highest BCUT2D eigenvalue weighted by Crippen LogP contribution is 2.11. The third-order valence-electron chi connectivity index (χ3n) is 6.11. The van der Waals surface area contributed by atoms with Gasteiger partial charge in [0.1, 0.15) is 0 Å². The summed E-state index contributed by atoms with van der Waals surface area (Å²) < 4.78 is 0. The Labute approximate surface area is 198 Å². The Morgan fingerprint density at radius 3 is 1.12 bits per heavy atom. The van der Waals surface area contributed by atoms with Gasteiger partial charge >= 0.3 is 11.9 Å². The highest BCUT2D eigenvalue weighted by atomic mass is 16.4. The molecule has 1 aliphatic heterocycles. The molecule has 14 heteroatoms. The van der Waals surface area contributed by atoms with Crippen LogP contribution < -0.4 is 0 Å². The zero-order chi connectivity index (χ0) is 25.7. The maximum atomic E-state index is 11.3. The lowest BCUT2D eigenvalue weighted by atomic mass is 10.1. The quantitative estimate of drug-likeness (QED) is 0.127. The molecule has 200 valence electrons. The van der Waals surface area contributed by atoms with Crippen molar-refractivity contribution < 1.29 is 50.4 Å². The molecule has 8 N–H and O–H groups in total. The number of aliphatic hydroxyl groups excluding tert-OH is 6. The highest BCUT2D eigenvalue weighted by molar-refractivity contribution is 5.69. The number of hydrogen-bond donors (Lipinski definition) is 8. The number of aliphatic carboxylic acids is 2. The van der Waals surface area contributed by atoms with Crippen LogP contribution in [0, 0.1) is 0 Å². The van der Waals surface area contributed by atoms with Gasteiger partial charge in [0.05, 0.1) is 63.8 Å². The standard InChI is InChI=1S/C20H40N4O10/c25-11-15(17(29)13-27)23-5-3-21(9-19(31)32)1-2-22(10-20(33)34)4-6-24(8-7-23)16(12-26)18(30)14-28/h15-18,25-30H,1-14H2,(H,31,32)(H,33,34)/t15-,16-,17-,18+/m1/s1. The van der Waals surface area contributed by atoms with E-state index in [0.29, 0.717) is 0 Å². The molecular weight excluding hydrogens is 456 g/mol. The summed E-state index contributed by atoms with van der Waals surface area (Å²) in [5, 5.41) is 77.4. The zero-order valence-electron chi connectivity index (χ0n) is 19.4. The van der Waals surface area contributed by atoms with Gasteiger partial charge in [0.2, 0.25) is 0 Å². The molecule has 4 atom stereocenters. The largest absolute Gasteiger partial charge is 0.480 e. The van der Waals surface area contributed by atoms with E-state index in [1.165, 1.54) is 0 Å². The Bertz CT molecular complexity index is 552. The lowest BCUT2D eigenvalue weighted by Crippen LogP contribution is -2.56. The van der Waals surface area contributed by atoms with Gasteiger partial charge in [-0.3, -0.25) is 29.2 Å². The summed E-state index contributed by atoms with van der Waals surface area (Å²) in [7, 11) is 0. The van der Waals surface area contributed by atoms with E-state index in [0.717, 1.165) is 0 Å². The molecule has 0 aromatic carbocycles. The van der Waals surface area contributed by atoms with Gasteiger partial charge in [-0.25, -0.2) is 0 Å². The van der Waals surface area contributed by atoms with Crippen LogP contribution in [0.2, 0.25) is 0 Å². The minimum atomic E-state index is -1.25. The van der Waals surface area contributed by atoms with Gasteiger partial charge in [-0.1, -0.05) is 0 Å². The van der Waals surface area contributed by atoms with Crippen molar-refractivity contribution >= 4 is 11.9 Å². The van der Waals surface area contributed by atoms with Crippen LogP contribution in [0.1, 0.15) is 0 Å². The first-order valence-electron chi connectivity index (χ1n) is 11.3.